The summed E-state index contributed by atoms with van der Waals surface area (Å²) in [6.07, 6.45) is 23.6. The van der Waals surface area contributed by atoms with E-state index in [1.165, 1.54) is 83.5 Å². The second-order valence-electron chi connectivity index (χ2n) is 6.80. The van der Waals surface area contributed by atoms with Gasteiger partial charge in [-0.15, -0.1) is 0 Å². The second-order valence-corrected chi connectivity index (χ2v) is 6.80. The number of hydrogen-bond acceptors (Lipinski definition) is 3. The first-order valence-corrected chi connectivity index (χ1v) is 10.2. The van der Waals surface area contributed by atoms with E-state index >= 15 is 0 Å². The lowest BCUT2D eigenvalue weighted by Crippen LogP contribution is -2.08. The Kier molecular flexibility index (Phi) is 15.0. The van der Waals surface area contributed by atoms with Crippen molar-refractivity contribution in [3.63, 3.8) is 0 Å². The summed E-state index contributed by atoms with van der Waals surface area (Å²) in [6, 6.07) is 0. The molecule has 0 bridgehead atoms. The van der Waals surface area contributed by atoms with Crippen molar-refractivity contribution >= 4 is 0 Å². The first-order valence-electron chi connectivity index (χ1n) is 10.2. The van der Waals surface area contributed by atoms with Crippen LogP contribution < -0.4 is 5.73 Å². The molecule has 140 valence electrons. The molecule has 0 amide bonds. The van der Waals surface area contributed by atoms with Gasteiger partial charge in [0.25, 0.3) is 0 Å². The normalized spacial score (nSPS) is 11.2. The van der Waals surface area contributed by atoms with Crippen LogP contribution in [-0.2, 0) is 11.3 Å². The number of unbranched alkanes of at least 4 members (excludes halogenated alkanes) is 12. The summed E-state index contributed by atoms with van der Waals surface area (Å²) in [5.41, 5.74) is 5.38. The van der Waals surface area contributed by atoms with Gasteiger partial charge in [0.1, 0.15) is 0 Å². The number of aromatic nitrogens is 2. The van der Waals surface area contributed by atoms with Gasteiger partial charge >= 0.3 is 0 Å². The molecule has 0 fully saturated rings. The SMILES string of the molecule is NCCOCCCCCCCCCCCCCCCn1ccnc1. The van der Waals surface area contributed by atoms with Crippen LogP contribution >= 0.6 is 0 Å². The second kappa shape index (κ2) is 17.0. The third-order valence-corrected chi connectivity index (χ3v) is 4.53. The van der Waals surface area contributed by atoms with Crippen molar-refractivity contribution in [3.05, 3.63) is 18.7 Å². The van der Waals surface area contributed by atoms with Crippen LogP contribution in [0.2, 0.25) is 0 Å². The molecule has 1 aromatic rings. The van der Waals surface area contributed by atoms with Crippen molar-refractivity contribution in [2.45, 2.75) is 90.0 Å². The highest BCUT2D eigenvalue weighted by molar-refractivity contribution is 4.73. The molecule has 1 heterocycles. The van der Waals surface area contributed by atoms with Crippen LogP contribution in [0.5, 0.6) is 0 Å². The molecule has 24 heavy (non-hydrogen) atoms. The fraction of sp³-hybridized carbons (Fsp3) is 0.850. The predicted octanol–water partition coefficient (Wildman–Crippen LogP) is 4.93. The molecule has 1 aromatic heterocycles. The zero-order valence-corrected chi connectivity index (χ0v) is 15.6. The van der Waals surface area contributed by atoms with E-state index in [1.807, 2.05) is 12.5 Å². The highest BCUT2D eigenvalue weighted by atomic mass is 16.5. The van der Waals surface area contributed by atoms with E-state index in [1.54, 1.807) is 0 Å². The van der Waals surface area contributed by atoms with Crippen LogP contribution in [0.1, 0.15) is 83.5 Å². The number of rotatable bonds is 18. The highest BCUT2D eigenvalue weighted by Crippen LogP contribution is 2.12. The molecule has 0 radical (unpaired) electrons. The molecular formula is C20H39N3O. The number of ether oxygens (including phenoxy) is 1. The maximum absolute atomic E-state index is 5.38. The minimum absolute atomic E-state index is 0.644. The topological polar surface area (TPSA) is 53.1 Å². The first-order chi connectivity index (χ1) is 11.9. The van der Waals surface area contributed by atoms with Gasteiger partial charge in [-0.25, -0.2) is 4.98 Å². The fourth-order valence-corrected chi connectivity index (χ4v) is 3.05. The predicted molar refractivity (Wildman–Crippen MR) is 102 cm³/mol. The molecule has 2 N–H and O–H groups in total. The van der Waals surface area contributed by atoms with Gasteiger partial charge in [-0.05, 0) is 12.8 Å². The Balaban J connectivity index is 1.66. The lowest BCUT2D eigenvalue weighted by molar-refractivity contribution is 0.137. The molecule has 0 spiro atoms. The number of aryl methyl sites for hydroxylation is 1. The summed E-state index contributed by atoms with van der Waals surface area (Å²) >= 11 is 0. The van der Waals surface area contributed by atoms with Crippen molar-refractivity contribution in [1.82, 2.24) is 9.55 Å². The average molecular weight is 338 g/mol. The zero-order chi connectivity index (χ0) is 17.1. The van der Waals surface area contributed by atoms with Gasteiger partial charge in [0.2, 0.25) is 0 Å². The van der Waals surface area contributed by atoms with E-state index in [-0.39, 0.29) is 0 Å². The smallest absolute Gasteiger partial charge is 0.0945 e. The molecule has 0 aliphatic rings. The standard InChI is InChI=1S/C20H39N3O/c21-14-19-24-18-13-11-9-7-5-3-1-2-4-6-8-10-12-16-23-17-15-22-20-23/h15,17,20H,1-14,16,18-19,21H2. The Morgan fingerprint density at radius 3 is 1.75 bits per heavy atom. The van der Waals surface area contributed by atoms with E-state index in [9.17, 15) is 0 Å². The molecule has 0 aliphatic carbocycles. The summed E-state index contributed by atoms with van der Waals surface area (Å²) in [5.74, 6) is 0. The highest BCUT2D eigenvalue weighted by Gasteiger charge is 1.95. The molecule has 0 saturated heterocycles. The summed E-state index contributed by atoms with van der Waals surface area (Å²) in [4.78, 5) is 4.07. The average Bonchev–Trinajstić information content (AvgIpc) is 3.11. The van der Waals surface area contributed by atoms with Gasteiger partial charge in [-0.2, -0.15) is 0 Å². The number of nitrogens with two attached hydrogens (primary N) is 1. The van der Waals surface area contributed by atoms with Crippen LogP contribution in [0.4, 0.5) is 0 Å². The molecular weight excluding hydrogens is 298 g/mol. The van der Waals surface area contributed by atoms with E-state index in [0.29, 0.717) is 13.2 Å². The van der Waals surface area contributed by atoms with Gasteiger partial charge in [-0.3, -0.25) is 0 Å². The molecule has 0 aliphatic heterocycles. The van der Waals surface area contributed by atoms with Gasteiger partial charge < -0.3 is 15.0 Å². The molecule has 4 heteroatoms. The van der Waals surface area contributed by atoms with Crippen LogP contribution in [0, 0.1) is 0 Å². The Morgan fingerprint density at radius 2 is 1.25 bits per heavy atom. The number of hydrogen-bond donors (Lipinski definition) is 1. The third-order valence-electron chi connectivity index (χ3n) is 4.53. The van der Waals surface area contributed by atoms with Crippen molar-refractivity contribution in [3.8, 4) is 0 Å². The molecule has 0 saturated carbocycles. The van der Waals surface area contributed by atoms with E-state index in [0.717, 1.165) is 13.2 Å². The van der Waals surface area contributed by atoms with Gasteiger partial charge in [0.15, 0.2) is 0 Å². The van der Waals surface area contributed by atoms with E-state index < -0.39 is 0 Å². The van der Waals surface area contributed by atoms with Crippen LogP contribution in [0.15, 0.2) is 18.7 Å². The van der Waals surface area contributed by atoms with Crippen molar-refractivity contribution in [2.75, 3.05) is 19.8 Å². The molecule has 1 rings (SSSR count). The Bertz CT molecular complexity index is 341. The fourth-order valence-electron chi connectivity index (χ4n) is 3.05. The molecule has 0 aromatic carbocycles. The first kappa shape index (κ1) is 21.2. The molecule has 4 nitrogen and oxygen atoms in total. The lowest BCUT2D eigenvalue weighted by Gasteiger charge is -2.04. The summed E-state index contributed by atoms with van der Waals surface area (Å²) in [7, 11) is 0. The monoisotopic (exact) mass is 337 g/mol. The quantitative estimate of drug-likeness (QED) is 0.386. The van der Waals surface area contributed by atoms with E-state index in [2.05, 4.69) is 15.7 Å². The minimum atomic E-state index is 0.644. The van der Waals surface area contributed by atoms with Gasteiger partial charge in [0, 0.05) is 32.1 Å². The third kappa shape index (κ3) is 13.6. The van der Waals surface area contributed by atoms with Gasteiger partial charge in [-0.1, -0.05) is 70.6 Å². The Labute approximate surface area is 149 Å². The molecule has 0 atom stereocenters. The Hall–Kier alpha value is -0.870. The van der Waals surface area contributed by atoms with E-state index in [4.69, 9.17) is 10.5 Å². The van der Waals surface area contributed by atoms with Crippen molar-refractivity contribution in [1.29, 1.82) is 0 Å². The number of imidazole rings is 1. The summed E-state index contributed by atoms with van der Waals surface area (Å²) in [6.45, 7) is 3.37. The van der Waals surface area contributed by atoms with Crippen molar-refractivity contribution < 1.29 is 4.74 Å². The lowest BCUT2D eigenvalue weighted by atomic mass is 10.0. The molecule has 0 unspecified atom stereocenters. The van der Waals surface area contributed by atoms with Gasteiger partial charge in [0.05, 0.1) is 12.9 Å². The largest absolute Gasteiger partial charge is 0.380 e. The Morgan fingerprint density at radius 1 is 0.708 bits per heavy atom. The van der Waals surface area contributed by atoms with Crippen LogP contribution in [0.3, 0.4) is 0 Å². The summed E-state index contributed by atoms with van der Waals surface area (Å²) in [5, 5.41) is 0. The van der Waals surface area contributed by atoms with Crippen LogP contribution in [0.25, 0.3) is 0 Å². The minimum Gasteiger partial charge on any atom is -0.380 e. The zero-order valence-electron chi connectivity index (χ0n) is 15.6. The summed E-state index contributed by atoms with van der Waals surface area (Å²) < 4.78 is 7.55. The number of nitrogens with zero attached hydrogens (tertiary/aromatic N) is 2. The maximum Gasteiger partial charge on any atom is 0.0945 e. The maximum atomic E-state index is 5.38. The van der Waals surface area contributed by atoms with Crippen LogP contribution in [-0.4, -0.2) is 29.3 Å². The van der Waals surface area contributed by atoms with Crippen molar-refractivity contribution in [2.24, 2.45) is 5.73 Å².